The van der Waals surface area contributed by atoms with E-state index in [9.17, 15) is 0 Å². The number of rotatable bonds is 5. The smallest absolute Gasteiger partial charge is 0.0605 e. The average Bonchev–Trinajstić information content (AvgIpc) is 2.85. The molecule has 2 aromatic rings. The number of allylic oxidation sites excluding steroid dienone is 2. The topological polar surface area (TPSA) is 86.0 Å². The molecule has 28 heavy (non-hydrogen) atoms. The summed E-state index contributed by atoms with van der Waals surface area (Å²) in [4.78, 5) is 0. The van der Waals surface area contributed by atoms with E-state index in [1.807, 2.05) is 26.2 Å². The van der Waals surface area contributed by atoms with Gasteiger partial charge in [-0.25, -0.2) is 0 Å². The monoisotopic (exact) mass is 375 g/mol. The highest BCUT2D eigenvalue weighted by Gasteiger charge is 2.23. The Morgan fingerprint density at radius 1 is 1.25 bits per heavy atom. The predicted octanol–water partition coefficient (Wildman–Crippen LogP) is 4.00. The SMILES string of the molecule is CN/C=C(\C=N)c1ccc2c(c1)C(Nc1cccc(C)c1)CCN/C2=C(/C)N. The van der Waals surface area contributed by atoms with Crippen LogP contribution in [0.25, 0.3) is 11.3 Å². The summed E-state index contributed by atoms with van der Waals surface area (Å²) in [5.74, 6) is 0. The molecule has 0 spiro atoms. The van der Waals surface area contributed by atoms with Gasteiger partial charge in [-0.15, -0.1) is 0 Å². The van der Waals surface area contributed by atoms with Crippen molar-refractivity contribution in [3.63, 3.8) is 0 Å². The number of nitrogens with two attached hydrogens (primary N) is 1. The van der Waals surface area contributed by atoms with Crippen LogP contribution in [0.4, 0.5) is 5.69 Å². The van der Waals surface area contributed by atoms with Crippen molar-refractivity contribution < 1.29 is 0 Å². The molecule has 0 radical (unpaired) electrons. The summed E-state index contributed by atoms with van der Waals surface area (Å²) in [6.07, 6.45) is 4.15. The molecule has 0 fully saturated rings. The first-order valence-corrected chi connectivity index (χ1v) is 9.59. The fourth-order valence-electron chi connectivity index (χ4n) is 3.65. The van der Waals surface area contributed by atoms with Gasteiger partial charge < -0.3 is 27.1 Å². The largest absolute Gasteiger partial charge is 0.401 e. The highest BCUT2D eigenvalue weighted by molar-refractivity contribution is 6.08. The Hall–Kier alpha value is -3.21. The molecule has 0 aromatic heterocycles. The number of hydrogen-bond acceptors (Lipinski definition) is 5. The number of hydrogen-bond donors (Lipinski definition) is 5. The van der Waals surface area contributed by atoms with Crippen molar-refractivity contribution in [1.82, 2.24) is 10.6 Å². The predicted molar refractivity (Wildman–Crippen MR) is 119 cm³/mol. The summed E-state index contributed by atoms with van der Waals surface area (Å²) in [6, 6.07) is 14.9. The van der Waals surface area contributed by atoms with Crippen LogP contribution in [-0.4, -0.2) is 19.8 Å². The molecular formula is C23H29N5. The first-order chi connectivity index (χ1) is 13.5. The molecule has 1 aliphatic rings. The fraction of sp³-hybridized carbons (Fsp3) is 0.261. The molecule has 6 N–H and O–H groups in total. The zero-order chi connectivity index (χ0) is 20.1. The van der Waals surface area contributed by atoms with E-state index < -0.39 is 0 Å². The minimum atomic E-state index is 0.141. The third-order valence-electron chi connectivity index (χ3n) is 4.97. The van der Waals surface area contributed by atoms with Crippen LogP contribution in [0.3, 0.4) is 0 Å². The van der Waals surface area contributed by atoms with E-state index in [0.29, 0.717) is 0 Å². The second-order valence-corrected chi connectivity index (χ2v) is 7.17. The Morgan fingerprint density at radius 2 is 2.07 bits per heavy atom. The van der Waals surface area contributed by atoms with Crippen molar-refractivity contribution >= 4 is 23.2 Å². The number of aryl methyl sites for hydroxylation is 1. The highest BCUT2D eigenvalue weighted by Crippen LogP contribution is 2.34. The molecule has 1 atom stereocenters. The van der Waals surface area contributed by atoms with E-state index in [1.54, 1.807) is 0 Å². The Bertz CT molecular complexity index is 922. The maximum absolute atomic E-state index is 7.75. The Kier molecular flexibility index (Phi) is 6.04. The lowest BCUT2D eigenvalue weighted by atomic mass is 9.92. The van der Waals surface area contributed by atoms with Gasteiger partial charge in [-0.05, 0) is 55.2 Å². The van der Waals surface area contributed by atoms with Crippen molar-refractivity contribution in [3.8, 4) is 0 Å². The van der Waals surface area contributed by atoms with Gasteiger partial charge >= 0.3 is 0 Å². The minimum absolute atomic E-state index is 0.141. The van der Waals surface area contributed by atoms with Crippen LogP contribution < -0.4 is 21.7 Å². The van der Waals surface area contributed by atoms with E-state index >= 15 is 0 Å². The van der Waals surface area contributed by atoms with Crippen LogP contribution in [0.1, 0.15) is 41.6 Å². The second kappa shape index (κ2) is 8.65. The lowest BCUT2D eigenvalue weighted by Gasteiger charge is -2.22. The van der Waals surface area contributed by atoms with Gasteiger partial charge in [0.1, 0.15) is 0 Å². The minimum Gasteiger partial charge on any atom is -0.401 e. The van der Waals surface area contributed by atoms with Gasteiger partial charge in [0, 0.05) is 48.5 Å². The summed E-state index contributed by atoms with van der Waals surface area (Å²) in [6.45, 7) is 4.86. The number of anilines is 1. The number of nitrogens with one attached hydrogen (secondary N) is 4. The third kappa shape index (κ3) is 4.19. The summed E-state index contributed by atoms with van der Waals surface area (Å²) in [5, 5.41) is 18.0. The van der Waals surface area contributed by atoms with Crippen molar-refractivity contribution in [2.24, 2.45) is 5.73 Å². The van der Waals surface area contributed by atoms with Gasteiger partial charge in [0.2, 0.25) is 0 Å². The van der Waals surface area contributed by atoms with Gasteiger partial charge in [0.15, 0.2) is 0 Å². The molecule has 0 amide bonds. The van der Waals surface area contributed by atoms with Crippen molar-refractivity contribution in [1.29, 1.82) is 5.41 Å². The molecular weight excluding hydrogens is 346 g/mol. The zero-order valence-corrected chi connectivity index (χ0v) is 16.8. The highest BCUT2D eigenvalue weighted by atomic mass is 15.0. The van der Waals surface area contributed by atoms with E-state index in [0.717, 1.165) is 46.7 Å². The fourth-order valence-corrected chi connectivity index (χ4v) is 3.65. The summed E-state index contributed by atoms with van der Waals surface area (Å²) < 4.78 is 0. The van der Waals surface area contributed by atoms with Crippen LogP contribution in [0.2, 0.25) is 0 Å². The molecule has 5 heteroatoms. The van der Waals surface area contributed by atoms with Gasteiger partial charge in [-0.2, -0.15) is 0 Å². The Balaban J connectivity index is 2.10. The molecule has 0 saturated heterocycles. The second-order valence-electron chi connectivity index (χ2n) is 7.17. The van der Waals surface area contributed by atoms with Crippen LogP contribution in [-0.2, 0) is 0 Å². The normalized spacial score (nSPS) is 18.4. The van der Waals surface area contributed by atoms with Crippen molar-refractivity contribution in [3.05, 3.63) is 76.6 Å². The molecule has 1 aliphatic heterocycles. The summed E-state index contributed by atoms with van der Waals surface area (Å²) in [5.41, 5.74) is 14.4. The average molecular weight is 376 g/mol. The molecule has 0 bridgehead atoms. The van der Waals surface area contributed by atoms with Gasteiger partial charge in [-0.3, -0.25) is 0 Å². The lowest BCUT2D eigenvalue weighted by molar-refractivity contribution is 0.682. The standard InChI is InChI=1S/C23H29N5/c1-15-5-4-6-19(11-15)28-22-9-10-27-23(16(2)25)20-8-7-17(12-21(20)22)18(13-24)14-26-3/h4-8,11-14,22,24,26-28H,9-10,25H2,1-3H3/b18-14+,23-16-,24-13?. The molecule has 0 aliphatic carbocycles. The van der Waals surface area contributed by atoms with Crippen molar-refractivity contribution in [2.75, 3.05) is 18.9 Å². The first-order valence-electron chi connectivity index (χ1n) is 9.59. The van der Waals surface area contributed by atoms with E-state index in [1.165, 1.54) is 17.3 Å². The van der Waals surface area contributed by atoms with Gasteiger partial charge in [0.25, 0.3) is 0 Å². The maximum atomic E-state index is 7.75. The van der Waals surface area contributed by atoms with Crippen LogP contribution in [0.5, 0.6) is 0 Å². The van der Waals surface area contributed by atoms with E-state index in [4.69, 9.17) is 11.1 Å². The number of benzene rings is 2. The maximum Gasteiger partial charge on any atom is 0.0605 e. The first kappa shape index (κ1) is 19.5. The van der Waals surface area contributed by atoms with Crippen molar-refractivity contribution in [2.45, 2.75) is 26.3 Å². The van der Waals surface area contributed by atoms with E-state index in [-0.39, 0.29) is 6.04 Å². The third-order valence-corrected chi connectivity index (χ3v) is 4.97. The molecule has 3 rings (SSSR count). The molecule has 0 saturated carbocycles. The molecule has 146 valence electrons. The van der Waals surface area contributed by atoms with Gasteiger partial charge in [0.05, 0.1) is 11.7 Å². The molecule has 1 heterocycles. The number of fused-ring (bicyclic) bond motifs is 1. The van der Waals surface area contributed by atoms with E-state index in [2.05, 4.69) is 59.3 Å². The van der Waals surface area contributed by atoms with Gasteiger partial charge in [-0.1, -0.05) is 24.3 Å². The Labute approximate surface area is 167 Å². The van der Waals surface area contributed by atoms with Crippen LogP contribution >= 0.6 is 0 Å². The Morgan fingerprint density at radius 3 is 2.75 bits per heavy atom. The zero-order valence-electron chi connectivity index (χ0n) is 16.8. The molecule has 2 aromatic carbocycles. The van der Waals surface area contributed by atoms with Crippen LogP contribution in [0.15, 0.2) is 54.4 Å². The summed E-state index contributed by atoms with van der Waals surface area (Å²) in [7, 11) is 1.84. The molecule has 5 nitrogen and oxygen atoms in total. The lowest BCUT2D eigenvalue weighted by Crippen LogP contribution is -2.16. The van der Waals surface area contributed by atoms with Crippen LogP contribution in [0, 0.1) is 12.3 Å². The quantitative estimate of drug-likeness (QED) is 0.511. The summed E-state index contributed by atoms with van der Waals surface area (Å²) >= 11 is 0. The molecule has 1 unspecified atom stereocenters.